The Balaban J connectivity index is 0.00000180. The number of nitrogens with zero attached hydrogens (tertiary/aromatic N) is 1. The molecule has 1 saturated heterocycles. The van der Waals surface area contributed by atoms with Gasteiger partial charge in [0.1, 0.15) is 5.82 Å². The third-order valence-electron chi connectivity index (χ3n) is 3.42. The van der Waals surface area contributed by atoms with E-state index in [-0.39, 0.29) is 30.2 Å². The lowest BCUT2D eigenvalue weighted by Crippen LogP contribution is -2.34. The fourth-order valence-electron chi connectivity index (χ4n) is 2.39. The van der Waals surface area contributed by atoms with Gasteiger partial charge in [0.2, 0.25) is 0 Å². The molecule has 0 radical (unpaired) electrons. The summed E-state index contributed by atoms with van der Waals surface area (Å²) in [6.45, 7) is 3.30. The summed E-state index contributed by atoms with van der Waals surface area (Å²) in [6.07, 6.45) is 0.935. The van der Waals surface area contributed by atoms with E-state index in [1.54, 1.807) is 0 Å². The zero-order chi connectivity index (χ0) is 13.3. The summed E-state index contributed by atoms with van der Waals surface area (Å²) in [5.74, 6) is -0.0483. The highest BCUT2D eigenvalue weighted by molar-refractivity contribution is 9.10. The highest BCUT2D eigenvalue weighted by Crippen LogP contribution is 2.25. The molecule has 0 saturated carbocycles. The Bertz CT molecular complexity index is 472. The monoisotopic (exact) mass is 350 g/mol. The van der Waals surface area contributed by atoms with Crippen molar-refractivity contribution in [3.8, 4) is 0 Å². The number of carbonyl (C=O) groups is 1. The zero-order valence-corrected chi connectivity index (χ0v) is 13.0. The van der Waals surface area contributed by atoms with Crippen LogP contribution in [-0.2, 0) is 0 Å². The molecule has 2 atom stereocenters. The van der Waals surface area contributed by atoms with Crippen LogP contribution in [0.15, 0.2) is 22.7 Å². The molecule has 2 unspecified atom stereocenters. The Morgan fingerprint density at radius 2 is 2.26 bits per heavy atom. The van der Waals surface area contributed by atoms with Gasteiger partial charge in [-0.25, -0.2) is 4.39 Å². The lowest BCUT2D eigenvalue weighted by atomic mass is 10.1. The first kappa shape index (κ1) is 16.4. The Morgan fingerprint density at radius 1 is 1.58 bits per heavy atom. The number of rotatable bonds is 2. The molecule has 1 aliphatic heterocycles. The molecule has 1 aliphatic rings. The number of halogens is 3. The largest absolute Gasteiger partial charge is 0.336 e. The van der Waals surface area contributed by atoms with Crippen molar-refractivity contribution in [3.05, 3.63) is 34.1 Å². The first-order valence-corrected chi connectivity index (χ1v) is 6.78. The van der Waals surface area contributed by atoms with E-state index >= 15 is 0 Å². The van der Waals surface area contributed by atoms with Gasteiger partial charge in [-0.05, 0) is 59.9 Å². The molecule has 106 valence electrons. The fourth-order valence-corrected chi connectivity index (χ4v) is 2.77. The first-order chi connectivity index (χ1) is 8.52. The summed E-state index contributed by atoms with van der Waals surface area (Å²) in [6, 6.07) is 4.54. The fraction of sp³-hybridized carbons (Fsp3) is 0.462. The topological polar surface area (TPSA) is 46.3 Å². The van der Waals surface area contributed by atoms with Gasteiger partial charge in [-0.3, -0.25) is 4.79 Å². The first-order valence-electron chi connectivity index (χ1n) is 5.99. The number of carbonyl (C=O) groups excluding carboxylic acids is 1. The minimum atomic E-state index is -0.360. The molecule has 2 rings (SSSR count). The van der Waals surface area contributed by atoms with Gasteiger partial charge in [0.05, 0.1) is 4.47 Å². The molecule has 2 N–H and O–H groups in total. The van der Waals surface area contributed by atoms with Crippen molar-refractivity contribution < 1.29 is 9.18 Å². The van der Waals surface area contributed by atoms with E-state index in [4.69, 9.17) is 5.73 Å². The molecule has 0 spiro atoms. The molecule has 1 amide bonds. The minimum absolute atomic E-state index is 0. The van der Waals surface area contributed by atoms with Crippen LogP contribution in [0.25, 0.3) is 0 Å². The van der Waals surface area contributed by atoms with Gasteiger partial charge >= 0.3 is 0 Å². The molecule has 0 aliphatic carbocycles. The molecule has 1 aromatic carbocycles. The minimum Gasteiger partial charge on any atom is -0.336 e. The van der Waals surface area contributed by atoms with Crippen LogP contribution in [0, 0.1) is 11.7 Å². The van der Waals surface area contributed by atoms with Gasteiger partial charge in [-0.15, -0.1) is 12.4 Å². The van der Waals surface area contributed by atoms with Crippen molar-refractivity contribution >= 4 is 34.2 Å². The van der Waals surface area contributed by atoms with Gasteiger partial charge < -0.3 is 10.6 Å². The maximum Gasteiger partial charge on any atom is 0.254 e. The van der Waals surface area contributed by atoms with E-state index < -0.39 is 0 Å². The number of hydrogen-bond donors (Lipinski definition) is 1. The smallest absolute Gasteiger partial charge is 0.254 e. The van der Waals surface area contributed by atoms with E-state index in [0.29, 0.717) is 29.0 Å². The van der Waals surface area contributed by atoms with Gasteiger partial charge in [0.15, 0.2) is 0 Å². The van der Waals surface area contributed by atoms with E-state index in [1.165, 1.54) is 18.2 Å². The molecule has 3 nitrogen and oxygen atoms in total. The van der Waals surface area contributed by atoms with Crippen LogP contribution in [0.4, 0.5) is 4.39 Å². The second-order valence-corrected chi connectivity index (χ2v) is 5.63. The van der Waals surface area contributed by atoms with Crippen molar-refractivity contribution in [1.82, 2.24) is 4.90 Å². The summed E-state index contributed by atoms with van der Waals surface area (Å²) < 4.78 is 13.5. The summed E-state index contributed by atoms with van der Waals surface area (Å²) in [5.41, 5.74) is 6.15. The van der Waals surface area contributed by atoms with Gasteiger partial charge in [0.25, 0.3) is 5.91 Å². The Kier molecular flexibility index (Phi) is 5.77. The third kappa shape index (κ3) is 3.46. The lowest BCUT2D eigenvalue weighted by Gasteiger charge is -2.21. The van der Waals surface area contributed by atoms with E-state index in [2.05, 4.69) is 15.9 Å². The number of amides is 1. The molecular formula is C13H17BrClFN2O. The SMILES string of the molecule is CC1CC(CN)CN1C(=O)c1ccc(F)c(Br)c1.Cl. The maximum atomic E-state index is 13.1. The quantitative estimate of drug-likeness (QED) is 0.890. The van der Waals surface area contributed by atoms with Crippen LogP contribution >= 0.6 is 28.3 Å². The molecule has 1 fully saturated rings. The van der Waals surface area contributed by atoms with E-state index in [9.17, 15) is 9.18 Å². The number of likely N-dealkylation sites (tertiary alicyclic amines) is 1. The molecule has 0 bridgehead atoms. The van der Waals surface area contributed by atoms with Crippen LogP contribution in [-0.4, -0.2) is 29.9 Å². The molecule has 19 heavy (non-hydrogen) atoms. The van der Waals surface area contributed by atoms with Crippen molar-refractivity contribution in [2.45, 2.75) is 19.4 Å². The Morgan fingerprint density at radius 3 is 2.79 bits per heavy atom. The van der Waals surface area contributed by atoms with Gasteiger partial charge in [0, 0.05) is 18.2 Å². The summed E-state index contributed by atoms with van der Waals surface area (Å²) in [4.78, 5) is 14.1. The maximum absolute atomic E-state index is 13.1. The molecule has 0 aromatic heterocycles. The zero-order valence-electron chi connectivity index (χ0n) is 10.6. The highest BCUT2D eigenvalue weighted by atomic mass is 79.9. The Hall–Kier alpha value is -0.650. The van der Waals surface area contributed by atoms with Crippen LogP contribution in [0.2, 0.25) is 0 Å². The Labute approximate surface area is 126 Å². The number of benzene rings is 1. The molecular weight excluding hydrogens is 335 g/mol. The van der Waals surface area contributed by atoms with Crippen molar-refractivity contribution in [1.29, 1.82) is 0 Å². The predicted octanol–water partition coefficient (Wildman–Crippen LogP) is 2.82. The summed E-state index contributed by atoms with van der Waals surface area (Å²) in [5, 5.41) is 0. The number of hydrogen-bond acceptors (Lipinski definition) is 2. The summed E-state index contributed by atoms with van der Waals surface area (Å²) in [7, 11) is 0. The third-order valence-corrected chi connectivity index (χ3v) is 4.03. The van der Waals surface area contributed by atoms with E-state index in [0.717, 1.165) is 6.42 Å². The van der Waals surface area contributed by atoms with Crippen molar-refractivity contribution in [2.24, 2.45) is 11.7 Å². The van der Waals surface area contributed by atoms with Crippen molar-refractivity contribution in [2.75, 3.05) is 13.1 Å². The predicted molar refractivity (Wildman–Crippen MR) is 79.0 cm³/mol. The van der Waals surface area contributed by atoms with E-state index in [1.807, 2.05) is 11.8 Å². The van der Waals surface area contributed by atoms with Crippen LogP contribution in [0.5, 0.6) is 0 Å². The molecule has 1 aromatic rings. The number of nitrogens with two attached hydrogens (primary N) is 1. The molecule has 6 heteroatoms. The average Bonchev–Trinajstić information content (AvgIpc) is 2.73. The normalized spacial score (nSPS) is 22.2. The van der Waals surface area contributed by atoms with Crippen LogP contribution in [0.1, 0.15) is 23.7 Å². The average molecular weight is 352 g/mol. The van der Waals surface area contributed by atoms with Gasteiger partial charge in [-0.1, -0.05) is 0 Å². The van der Waals surface area contributed by atoms with Gasteiger partial charge in [-0.2, -0.15) is 0 Å². The second-order valence-electron chi connectivity index (χ2n) is 4.77. The highest BCUT2D eigenvalue weighted by Gasteiger charge is 2.32. The van der Waals surface area contributed by atoms with Crippen LogP contribution in [0.3, 0.4) is 0 Å². The summed E-state index contributed by atoms with van der Waals surface area (Å²) >= 11 is 3.10. The second kappa shape index (κ2) is 6.68. The van der Waals surface area contributed by atoms with Crippen LogP contribution < -0.4 is 5.73 Å². The lowest BCUT2D eigenvalue weighted by molar-refractivity contribution is 0.0743. The standard InChI is InChI=1S/C13H16BrFN2O.ClH/c1-8-4-9(6-16)7-17(8)13(18)10-2-3-12(15)11(14)5-10;/h2-3,5,8-9H,4,6-7,16H2,1H3;1H. The van der Waals surface area contributed by atoms with Crippen molar-refractivity contribution in [3.63, 3.8) is 0 Å². The molecule has 1 heterocycles.